The van der Waals surface area contributed by atoms with E-state index in [2.05, 4.69) is 10.1 Å². The van der Waals surface area contributed by atoms with E-state index in [1.807, 2.05) is 13.0 Å². The minimum atomic E-state index is 0.181. The molecular formula is C10H13ClN4. The summed E-state index contributed by atoms with van der Waals surface area (Å²) in [6.45, 7) is 1.98. The molecule has 0 amide bonds. The Labute approximate surface area is 93.1 Å². The van der Waals surface area contributed by atoms with Crippen molar-refractivity contribution in [2.45, 2.75) is 25.8 Å². The SMILES string of the molecule is CC(N)CCc1nc2ccc(Cl)cn2n1. The third-order valence-electron chi connectivity index (χ3n) is 2.16. The summed E-state index contributed by atoms with van der Waals surface area (Å²) in [5.74, 6) is 0.814. The summed E-state index contributed by atoms with van der Waals surface area (Å²) in [4.78, 5) is 4.36. The number of nitrogens with zero attached hydrogens (tertiary/aromatic N) is 3. The van der Waals surface area contributed by atoms with Gasteiger partial charge in [0.05, 0.1) is 5.02 Å². The summed E-state index contributed by atoms with van der Waals surface area (Å²) in [5.41, 5.74) is 6.49. The zero-order chi connectivity index (χ0) is 10.8. The van der Waals surface area contributed by atoms with Crippen molar-refractivity contribution < 1.29 is 0 Å². The van der Waals surface area contributed by atoms with E-state index in [9.17, 15) is 0 Å². The molecule has 2 aromatic heterocycles. The summed E-state index contributed by atoms with van der Waals surface area (Å²) in [7, 11) is 0. The Bertz CT molecular complexity index is 463. The number of pyridine rings is 1. The van der Waals surface area contributed by atoms with Crippen molar-refractivity contribution in [3.8, 4) is 0 Å². The average molecular weight is 225 g/mol. The van der Waals surface area contributed by atoms with Gasteiger partial charge in [-0.1, -0.05) is 11.6 Å². The Hall–Kier alpha value is -1.13. The molecule has 0 spiro atoms. The summed E-state index contributed by atoms with van der Waals surface area (Å²) in [6, 6.07) is 3.84. The first-order valence-corrected chi connectivity index (χ1v) is 5.29. The molecule has 0 aliphatic heterocycles. The summed E-state index contributed by atoms with van der Waals surface area (Å²) in [5, 5.41) is 4.97. The molecule has 1 atom stereocenters. The van der Waals surface area contributed by atoms with Crippen molar-refractivity contribution in [2.24, 2.45) is 5.73 Å². The van der Waals surface area contributed by atoms with Gasteiger partial charge in [-0.05, 0) is 25.5 Å². The van der Waals surface area contributed by atoms with Gasteiger partial charge in [-0.15, -0.1) is 0 Å². The zero-order valence-electron chi connectivity index (χ0n) is 8.52. The fraction of sp³-hybridized carbons (Fsp3) is 0.400. The summed E-state index contributed by atoms with van der Waals surface area (Å²) in [6.07, 6.45) is 3.45. The lowest BCUT2D eigenvalue weighted by Gasteiger charge is -1.99. The molecule has 15 heavy (non-hydrogen) atoms. The van der Waals surface area contributed by atoms with Gasteiger partial charge in [0, 0.05) is 18.7 Å². The van der Waals surface area contributed by atoms with Gasteiger partial charge in [0.15, 0.2) is 11.5 Å². The van der Waals surface area contributed by atoms with Crippen LogP contribution in [0.15, 0.2) is 18.3 Å². The first-order valence-electron chi connectivity index (χ1n) is 4.91. The largest absolute Gasteiger partial charge is 0.328 e. The number of aromatic nitrogens is 3. The Morgan fingerprint density at radius 2 is 2.33 bits per heavy atom. The minimum Gasteiger partial charge on any atom is -0.328 e. The number of aryl methyl sites for hydroxylation is 1. The van der Waals surface area contributed by atoms with Crippen LogP contribution in [-0.4, -0.2) is 20.6 Å². The predicted octanol–water partition coefficient (Wildman–Crippen LogP) is 1.66. The molecule has 2 heterocycles. The molecule has 0 bridgehead atoms. The van der Waals surface area contributed by atoms with Crippen LogP contribution in [0.4, 0.5) is 0 Å². The van der Waals surface area contributed by atoms with E-state index in [4.69, 9.17) is 17.3 Å². The predicted molar refractivity (Wildman–Crippen MR) is 60.0 cm³/mol. The Morgan fingerprint density at radius 1 is 1.53 bits per heavy atom. The van der Waals surface area contributed by atoms with E-state index in [-0.39, 0.29) is 6.04 Å². The fourth-order valence-electron chi connectivity index (χ4n) is 1.37. The lowest BCUT2D eigenvalue weighted by atomic mass is 10.2. The van der Waals surface area contributed by atoms with Crippen LogP contribution in [0.2, 0.25) is 5.02 Å². The van der Waals surface area contributed by atoms with Crippen LogP contribution >= 0.6 is 11.6 Å². The molecule has 0 saturated carbocycles. The highest BCUT2D eigenvalue weighted by molar-refractivity contribution is 6.30. The molecule has 0 aromatic carbocycles. The standard InChI is InChI=1S/C10H13ClN4/c1-7(12)2-4-9-13-10-5-3-8(11)6-15(10)14-9/h3,5-7H,2,4,12H2,1H3. The van der Waals surface area contributed by atoms with E-state index in [0.29, 0.717) is 5.02 Å². The van der Waals surface area contributed by atoms with E-state index < -0.39 is 0 Å². The van der Waals surface area contributed by atoms with Crippen molar-refractivity contribution >= 4 is 17.2 Å². The molecule has 1 unspecified atom stereocenters. The molecule has 0 aliphatic rings. The van der Waals surface area contributed by atoms with Crippen LogP contribution in [-0.2, 0) is 6.42 Å². The van der Waals surface area contributed by atoms with Crippen LogP contribution in [0.3, 0.4) is 0 Å². The molecule has 4 nitrogen and oxygen atoms in total. The van der Waals surface area contributed by atoms with Crippen molar-refractivity contribution in [2.75, 3.05) is 0 Å². The molecule has 0 aliphatic carbocycles. The number of rotatable bonds is 3. The monoisotopic (exact) mass is 224 g/mol. The number of hydrogen-bond donors (Lipinski definition) is 1. The van der Waals surface area contributed by atoms with Crippen molar-refractivity contribution in [1.29, 1.82) is 0 Å². The van der Waals surface area contributed by atoms with Crippen LogP contribution in [0.1, 0.15) is 19.2 Å². The quantitative estimate of drug-likeness (QED) is 0.863. The normalized spacial score (nSPS) is 13.3. The lowest BCUT2D eigenvalue weighted by molar-refractivity contribution is 0.647. The second-order valence-corrected chi connectivity index (χ2v) is 4.13. The lowest BCUT2D eigenvalue weighted by Crippen LogP contribution is -2.15. The highest BCUT2D eigenvalue weighted by atomic mass is 35.5. The van der Waals surface area contributed by atoms with Gasteiger partial charge in [-0.25, -0.2) is 9.50 Å². The highest BCUT2D eigenvalue weighted by Crippen LogP contribution is 2.10. The second kappa shape index (κ2) is 4.16. The van der Waals surface area contributed by atoms with Crippen molar-refractivity contribution in [1.82, 2.24) is 14.6 Å². The van der Waals surface area contributed by atoms with Gasteiger partial charge in [0.25, 0.3) is 0 Å². The van der Waals surface area contributed by atoms with E-state index in [0.717, 1.165) is 24.3 Å². The maximum Gasteiger partial charge on any atom is 0.155 e. The molecule has 80 valence electrons. The van der Waals surface area contributed by atoms with Gasteiger partial charge in [0.2, 0.25) is 0 Å². The smallest absolute Gasteiger partial charge is 0.155 e. The van der Waals surface area contributed by atoms with E-state index in [1.165, 1.54) is 0 Å². The van der Waals surface area contributed by atoms with Gasteiger partial charge < -0.3 is 5.73 Å². The average Bonchev–Trinajstić information content (AvgIpc) is 2.56. The van der Waals surface area contributed by atoms with Crippen LogP contribution in [0.5, 0.6) is 0 Å². The van der Waals surface area contributed by atoms with E-state index >= 15 is 0 Å². The molecule has 5 heteroatoms. The Balaban J connectivity index is 2.23. The minimum absolute atomic E-state index is 0.181. The fourth-order valence-corrected chi connectivity index (χ4v) is 1.52. The molecule has 2 rings (SSSR count). The van der Waals surface area contributed by atoms with Crippen LogP contribution in [0, 0.1) is 0 Å². The maximum absolute atomic E-state index is 5.85. The summed E-state index contributed by atoms with van der Waals surface area (Å²) < 4.78 is 1.69. The molecule has 0 saturated heterocycles. The third-order valence-corrected chi connectivity index (χ3v) is 2.39. The third kappa shape index (κ3) is 2.46. The van der Waals surface area contributed by atoms with Crippen LogP contribution in [0.25, 0.3) is 5.65 Å². The number of halogens is 1. The number of nitrogens with two attached hydrogens (primary N) is 1. The highest BCUT2D eigenvalue weighted by Gasteiger charge is 2.04. The Kier molecular flexibility index (Phi) is 2.88. The van der Waals surface area contributed by atoms with Gasteiger partial charge in [-0.2, -0.15) is 5.10 Å². The maximum atomic E-state index is 5.85. The van der Waals surface area contributed by atoms with E-state index in [1.54, 1.807) is 16.8 Å². The number of fused-ring (bicyclic) bond motifs is 1. The zero-order valence-corrected chi connectivity index (χ0v) is 9.28. The molecular weight excluding hydrogens is 212 g/mol. The van der Waals surface area contributed by atoms with Crippen molar-refractivity contribution in [3.63, 3.8) is 0 Å². The van der Waals surface area contributed by atoms with Gasteiger partial charge in [-0.3, -0.25) is 0 Å². The topological polar surface area (TPSA) is 56.2 Å². The van der Waals surface area contributed by atoms with Crippen LogP contribution < -0.4 is 5.73 Å². The second-order valence-electron chi connectivity index (χ2n) is 3.69. The Morgan fingerprint density at radius 3 is 3.07 bits per heavy atom. The first-order chi connectivity index (χ1) is 7.15. The van der Waals surface area contributed by atoms with Gasteiger partial charge >= 0.3 is 0 Å². The van der Waals surface area contributed by atoms with Crippen molar-refractivity contribution in [3.05, 3.63) is 29.2 Å². The first kappa shape index (κ1) is 10.4. The molecule has 0 radical (unpaired) electrons. The van der Waals surface area contributed by atoms with Gasteiger partial charge in [0.1, 0.15) is 0 Å². The molecule has 0 fully saturated rings. The molecule has 2 aromatic rings. The molecule has 2 N–H and O–H groups in total. The number of hydrogen-bond acceptors (Lipinski definition) is 3. The summed E-state index contributed by atoms with van der Waals surface area (Å²) >= 11 is 5.85.